The predicted octanol–water partition coefficient (Wildman–Crippen LogP) is 1.38. The Morgan fingerprint density at radius 3 is 3.08 bits per heavy atom. The van der Waals surface area contributed by atoms with E-state index in [0.29, 0.717) is 17.3 Å². The lowest BCUT2D eigenvalue weighted by Gasteiger charge is -2.10. The first-order chi connectivity index (χ1) is 5.75. The molecule has 0 unspecified atom stereocenters. The highest BCUT2D eigenvalue weighted by atomic mass is 35.5. The zero-order chi connectivity index (χ0) is 8.97. The number of hydrogen-bond donors (Lipinski definition) is 1. The summed E-state index contributed by atoms with van der Waals surface area (Å²) in [7, 11) is 1.59. The number of methoxy groups -OCH3 is 1. The van der Waals surface area contributed by atoms with Crippen molar-refractivity contribution in [1.82, 2.24) is 4.98 Å². The molecule has 0 aliphatic heterocycles. The smallest absolute Gasteiger partial charge is 0.0780 e. The van der Waals surface area contributed by atoms with Crippen molar-refractivity contribution in [2.45, 2.75) is 6.04 Å². The predicted molar refractivity (Wildman–Crippen MR) is 48.1 cm³/mol. The van der Waals surface area contributed by atoms with Gasteiger partial charge in [-0.3, -0.25) is 4.98 Å². The minimum atomic E-state index is -0.247. The average molecular weight is 187 g/mol. The number of nitrogens with two attached hydrogens (primary N) is 1. The van der Waals surface area contributed by atoms with E-state index >= 15 is 0 Å². The van der Waals surface area contributed by atoms with Crippen LogP contribution in [0.5, 0.6) is 0 Å². The topological polar surface area (TPSA) is 48.1 Å². The molecule has 0 aromatic carbocycles. The molecule has 0 radical (unpaired) electrons. The number of aromatic nitrogens is 1. The molecule has 4 heteroatoms. The largest absolute Gasteiger partial charge is 0.383 e. The van der Waals surface area contributed by atoms with Crippen molar-refractivity contribution >= 4 is 11.6 Å². The fourth-order valence-corrected chi connectivity index (χ4v) is 1.19. The highest BCUT2D eigenvalue weighted by Crippen LogP contribution is 2.17. The second-order valence-corrected chi connectivity index (χ2v) is 2.84. The summed E-state index contributed by atoms with van der Waals surface area (Å²) < 4.78 is 4.89. The first-order valence-electron chi connectivity index (χ1n) is 3.60. The van der Waals surface area contributed by atoms with Crippen LogP contribution in [0.25, 0.3) is 0 Å². The molecule has 2 N–H and O–H groups in total. The lowest BCUT2D eigenvalue weighted by atomic mass is 10.2. The summed E-state index contributed by atoms with van der Waals surface area (Å²) in [5.41, 5.74) is 6.42. The third kappa shape index (κ3) is 2.17. The van der Waals surface area contributed by atoms with E-state index in [1.54, 1.807) is 25.4 Å². The van der Waals surface area contributed by atoms with Crippen LogP contribution in [0.1, 0.15) is 11.7 Å². The van der Waals surface area contributed by atoms with E-state index in [-0.39, 0.29) is 6.04 Å². The molecule has 0 bridgehead atoms. The van der Waals surface area contributed by atoms with Crippen molar-refractivity contribution in [1.29, 1.82) is 0 Å². The summed E-state index contributed by atoms with van der Waals surface area (Å²) in [5.74, 6) is 0. The number of pyridine rings is 1. The van der Waals surface area contributed by atoms with Crippen LogP contribution in [0.2, 0.25) is 5.02 Å². The summed E-state index contributed by atoms with van der Waals surface area (Å²) >= 11 is 5.86. The molecule has 1 aromatic heterocycles. The second-order valence-electron chi connectivity index (χ2n) is 2.43. The first kappa shape index (κ1) is 9.45. The Hall–Kier alpha value is -0.640. The highest BCUT2D eigenvalue weighted by molar-refractivity contribution is 6.31. The average Bonchev–Trinajstić information content (AvgIpc) is 2.05. The molecule has 0 saturated carbocycles. The fraction of sp³-hybridized carbons (Fsp3) is 0.375. The Bertz CT molecular complexity index is 255. The van der Waals surface area contributed by atoms with Gasteiger partial charge in [-0.2, -0.15) is 0 Å². The first-order valence-corrected chi connectivity index (χ1v) is 3.98. The summed E-state index contributed by atoms with van der Waals surface area (Å²) in [4.78, 5) is 4.06. The van der Waals surface area contributed by atoms with Crippen LogP contribution >= 0.6 is 11.6 Å². The van der Waals surface area contributed by atoms with Crippen molar-refractivity contribution < 1.29 is 4.74 Å². The maximum Gasteiger partial charge on any atom is 0.0780 e. The summed E-state index contributed by atoms with van der Waals surface area (Å²) in [6.45, 7) is 0.427. The molecule has 0 aliphatic rings. The Balaban J connectivity index is 2.79. The lowest BCUT2D eigenvalue weighted by Crippen LogP contribution is -2.17. The zero-order valence-corrected chi connectivity index (χ0v) is 7.58. The van der Waals surface area contributed by atoms with E-state index in [1.165, 1.54) is 0 Å². The molecule has 0 aliphatic carbocycles. The van der Waals surface area contributed by atoms with Crippen LogP contribution in [0, 0.1) is 0 Å². The summed E-state index contributed by atoms with van der Waals surface area (Å²) in [6, 6.07) is 3.29. The van der Waals surface area contributed by atoms with Gasteiger partial charge in [0.2, 0.25) is 0 Å². The minimum absolute atomic E-state index is 0.247. The molecule has 0 saturated heterocycles. The van der Waals surface area contributed by atoms with Gasteiger partial charge in [0.15, 0.2) is 0 Å². The van der Waals surface area contributed by atoms with E-state index in [2.05, 4.69) is 4.98 Å². The second kappa shape index (κ2) is 4.40. The molecule has 0 amide bonds. The van der Waals surface area contributed by atoms with Crippen LogP contribution in [0.15, 0.2) is 18.3 Å². The molecule has 0 fully saturated rings. The molecule has 1 aromatic rings. The molecule has 3 nitrogen and oxygen atoms in total. The van der Waals surface area contributed by atoms with Crippen molar-refractivity contribution in [2.75, 3.05) is 13.7 Å². The van der Waals surface area contributed by atoms with Gasteiger partial charge in [0, 0.05) is 13.3 Å². The zero-order valence-electron chi connectivity index (χ0n) is 6.83. The number of halogens is 1. The Labute approximate surface area is 76.5 Å². The van der Waals surface area contributed by atoms with E-state index in [1.807, 2.05) is 0 Å². The monoisotopic (exact) mass is 186 g/mol. The van der Waals surface area contributed by atoms with E-state index in [4.69, 9.17) is 22.1 Å². The van der Waals surface area contributed by atoms with Gasteiger partial charge in [-0.05, 0) is 12.1 Å². The van der Waals surface area contributed by atoms with Crippen LogP contribution in [0.3, 0.4) is 0 Å². The number of nitrogens with zero attached hydrogens (tertiary/aromatic N) is 1. The molecule has 0 spiro atoms. The maximum absolute atomic E-state index is 5.86. The van der Waals surface area contributed by atoms with E-state index in [9.17, 15) is 0 Å². The van der Waals surface area contributed by atoms with Gasteiger partial charge in [0.25, 0.3) is 0 Å². The quantitative estimate of drug-likeness (QED) is 0.776. The molecular formula is C8H11ClN2O. The Kier molecular flexibility index (Phi) is 3.47. The van der Waals surface area contributed by atoms with Crippen LogP contribution < -0.4 is 5.73 Å². The molecular weight excluding hydrogens is 176 g/mol. The van der Waals surface area contributed by atoms with Crippen LogP contribution in [0.4, 0.5) is 0 Å². The lowest BCUT2D eigenvalue weighted by molar-refractivity contribution is 0.179. The number of rotatable bonds is 3. The Morgan fingerprint density at radius 2 is 2.50 bits per heavy atom. The van der Waals surface area contributed by atoms with Gasteiger partial charge in [-0.25, -0.2) is 0 Å². The van der Waals surface area contributed by atoms with Crippen molar-refractivity contribution in [3.8, 4) is 0 Å². The third-order valence-corrected chi connectivity index (χ3v) is 1.80. The molecule has 12 heavy (non-hydrogen) atoms. The minimum Gasteiger partial charge on any atom is -0.383 e. The summed E-state index contributed by atoms with van der Waals surface area (Å²) in [5, 5.41) is 0.585. The van der Waals surface area contributed by atoms with Crippen LogP contribution in [-0.2, 0) is 4.74 Å². The summed E-state index contributed by atoms with van der Waals surface area (Å²) in [6.07, 6.45) is 1.66. The van der Waals surface area contributed by atoms with Gasteiger partial charge < -0.3 is 10.5 Å². The fourth-order valence-electron chi connectivity index (χ4n) is 0.929. The van der Waals surface area contributed by atoms with Crippen molar-refractivity contribution in [2.24, 2.45) is 5.73 Å². The van der Waals surface area contributed by atoms with Gasteiger partial charge >= 0.3 is 0 Å². The van der Waals surface area contributed by atoms with Crippen LogP contribution in [-0.4, -0.2) is 18.7 Å². The highest BCUT2D eigenvalue weighted by Gasteiger charge is 2.09. The maximum atomic E-state index is 5.86. The van der Waals surface area contributed by atoms with E-state index in [0.717, 1.165) is 0 Å². The molecule has 66 valence electrons. The molecule has 1 atom stereocenters. The number of ether oxygens (including phenoxy) is 1. The Morgan fingerprint density at radius 1 is 1.75 bits per heavy atom. The SMILES string of the molecule is COC[C@H](N)c1ncccc1Cl. The standard InChI is InChI=1S/C8H11ClN2O/c1-12-5-7(10)8-6(9)3-2-4-11-8/h2-4,7H,5,10H2,1H3/t7-/m0/s1. The normalized spacial score (nSPS) is 12.9. The number of hydrogen-bond acceptors (Lipinski definition) is 3. The molecule has 1 rings (SSSR count). The van der Waals surface area contributed by atoms with Gasteiger partial charge in [0.05, 0.1) is 23.4 Å². The third-order valence-electron chi connectivity index (χ3n) is 1.48. The van der Waals surface area contributed by atoms with Gasteiger partial charge in [0.1, 0.15) is 0 Å². The van der Waals surface area contributed by atoms with E-state index < -0.39 is 0 Å². The van der Waals surface area contributed by atoms with Crippen molar-refractivity contribution in [3.63, 3.8) is 0 Å². The molecule has 1 heterocycles. The van der Waals surface area contributed by atoms with Gasteiger partial charge in [-0.15, -0.1) is 0 Å². The van der Waals surface area contributed by atoms with Crippen molar-refractivity contribution in [3.05, 3.63) is 29.0 Å². The van der Waals surface area contributed by atoms with Gasteiger partial charge in [-0.1, -0.05) is 11.6 Å².